The lowest BCUT2D eigenvalue weighted by atomic mass is 9.96. The molecule has 0 bridgehead atoms. The van der Waals surface area contributed by atoms with Gasteiger partial charge in [-0.2, -0.15) is 10.2 Å². The van der Waals surface area contributed by atoms with Crippen LogP contribution in [0, 0.1) is 0 Å². The summed E-state index contributed by atoms with van der Waals surface area (Å²) in [7, 11) is 3.83. The number of anilines is 2. The van der Waals surface area contributed by atoms with Crippen LogP contribution in [0.3, 0.4) is 0 Å². The molecule has 0 amide bonds. The molecular weight excluding hydrogens is 752 g/mol. The topological polar surface area (TPSA) is 127 Å². The smallest absolute Gasteiger partial charge is 0.171 e. The molecule has 3 aromatic rings. The first-order valence-corrected chi connectivity index (χ1v) is 21.2. The number of piperazine rings is 1. The number of hydrogen-bond donors (Lipinski definition) is 3. The molecule has 15 heteroatoms. The molecule has 1 saturated heterocycles. The molecule has 3 aromatic heterocycles. The lowest BCUT2D eigenvalue weighted by Crippen LogP contribution is -2.59. The van der Waals surface area contributed by atoms with Gasteiger partial charge in [0.15, 0.2) is 17.2 Å². The number of aromatic nitrogens is 5. The Morgan fingerprint density at radius 3 is 2.79 bits per heavy atom. The Labute approximate surface area is 345 Å². The molecule has 0 radical (unpaired) electrons. The minimum atomic E-state index is -0.315. The van der Waals surface area contributed by atoms with E-state index in [4.69, 9.17) is 14.7 Å². The number of unbranched alkanes of at least 4 members (excludes halogenated alkanes) is 1. The highest BCUT2D eigenvalue weighted by atomic mass is 32.2. The quantitative estimate of drug-likeness (QED) is 0.115. The number of amidine groups is 1. The fourth-order valence-corrected chi connectivity index (χ4v) is 8.87. The number of nitrogens with zero attached hydrogens (tertiary/aromatic N) is 9. The third kappa shape index (κ3) is 9.25. The van der Waals surface area contributed by atoms with Crippen LogP contribution >= 0.6 is 11.8 Å². The van der Waals surface area contributed by atoms with Crippen LogP contribution in [0.1, 0.15) is 79.2 Å². The number of ether oxygens (including phenoxy) is 1. The van der Waals surface area contributed by atoms with Gasteiger partial charge in [0.05, 0.1) is 23.4 Å². The third-order valence-electron chi connectivity index (χ3n) is 10.6. The number of nitrogens with one attached hydrogen (secondary N) is 3. The van der Waals surface area contributed by atoms with Crippen molar-refractivity contribution in [2.45, 2.75) is 90.5 Å². The minimum Gasteiger partial charge on any atom is -0.486 e. The standard InChI is InChI=1S/C43H57FN12OS/c1-9-10-14-37-40(57-28(2)3)39(31-23-47-48-24-31)46-27-56(37)51-29(4)49-36-17-15-33(22-35(36)44)58-32-13-11-12-30(21-32)25-55-20-19-54(26-43(55,5)6)38-18-16-34-41(45-7)52-53(8)42(34)50-38/h13-14,16-18,21-24,27-28,33H,9-12,15,19-20,25-26H2,1-8H3,(H,45,52)(H,47,48)(H,49,51)/b37-14+. The van der Waals surface area contributed by atoms with Crippen molar-refractivity contribution in [3.8, 4) is 0 Å². The number of pyridine rings is 1. The molecule has 0 spiro atoms. The van der Waals surface area contributed by atoms with Crippen LogP contribution in [0.2, 0.25) is 0 Å². The van der Waals surface area contributed by atoms with E-state index in [2.05, 4.69) is 92.0 Å². The average molecular weight is 809 g/mol. The Kier molecular flexibility index (Phi) is 12.6. The van der Waals surface area contributed by atoms with Crippen LogP contribution in [0.25, 0.3) is 16.7 Å². The Balaban J connectivity index is 0.958. The summed E-state index contributed by atoms with van der Waals surface area (Å²) >= 11 is 1.73. The molecule has 3 N–H and O–H groups in total. The van der Waals surface area contributed by atoms with E-state index in [0.29, 0.717) is 29.4 Å². The van der Waals surface area contributed by atoms with Gasteiger partial charge >= 0.3 is 0 Å². The molecule has 1 unspecified atom stereocenters. The van der Waals surface area contributed by atoms with Crippen molar-refractivity contribution in [3.63, 3.8) is 0 Å². The predicted octanol–water partition coefficient (Wildman–Crippen LogP) is 8.23. The number of aromatic amines is 1. The van der Waals surface area contributed by atoms with Crippen molar-refractivity contribution in [2.24, 2.45) is 17.0 Å². The fourth-order valence-electron chi connectivity index (χ4n) is 7.69. The Morgan fingerprint density at radius 2 is 2.07 bits per heavy atom. The highest BCUT2D eigenvalue weighted by Gasteiger charge is 2.35. The Hall–Kier alpha value is -5.15. The van der Waals surface area contributed by atoms with Gasteiger partial charge < -0.3 is 15.0 Å². The number of rotatable bonds is 13. The van der Waals surface area contributed by atoms with Gasteiger partial charge in [0.2, 0.25) is 0 Å². The predicted molar refractivity (Wildman–Crippen MR) is 236 cm³/mol. The zero-order valence-electron chi connectivity index (χ0n) is 35.0. The van der Waals surface area contributed by atoms with E-state index in [1.165, 1.54) is 10.5 Å². The SMILES string of the molecule is CCC/C=C1\C(OC(C)C)=C(c2cn[nH]c2)N=CN1NC(C)=NC1=CCC(SC2=CCCC(CN3CCN(c4ccc5c(NC)nn(C)c5n4)CC3(C)C)=C2)C=C1F. The lowest BCUT2D eigenvalue weighted by Gasteiger charge is -2.48. The van der Waals surface area contributed by atoms with E-state index in [1.54, 1.807) is 41.6 Å². The van der Waals surface area contributed by atoms with E-state index in [1.807, 2.05) is 45.6 Å². The Morgan fingerprint density at radius 1 is 1.22 bits per heavy atom. The summed E-state index contributed by atoms with van der Waals surface area (Å²) in [6, 6.07) is 4.23. The fraction of sp³-hybridized carbons (Fsp3) is 0.465. The van der Waals surface area contributed by atoms with Crippen LogP contribution < -0.4 is 15.6 Å². The monoisotopic (exact) mass is 808 g/mol. The second-order valence-electron chi connectivity index (χ2n) is 16.0. The van der Waals surface area contributed by atoms with Gasteiger partial charge in [-0.05, 0) is 84.6 Å². The first kappa shape index (κ1) is 41.0. The normalized spacial score (nSPS) is 21.1. The minimum absolute atomic E-state index is 0.0115. The largest absolute Gasteiger partial charge is 0.486 e. The summed E-state index contributed by atoms with van der Waals surface area (Å²) < 4.78 is 23.8. The molecule has 2 aliphatic carbocycles. The number of H-pyrrole nitrogens is 1. The zero-order chi connectivity index (χ0) is 41.0. The van der Waals surface area contributed by atoms with Gasteiger partial charge in [0.25, 0.3) is 0 Å². The maximum Gasteiger partial charge on any atom is 0.171 e. The molecular formula is C43H57FN12OS. The maximum absolute atomic E-state index is 15.7. The number of aliphatic imine (C=N–C) groups is 2. The second kappa shape index (κ2) is 17.8. The molecule has 0 aromatic carbocycles. The maximum atomic E-state index is 15.7. The summed E-state index contributed by atoms with van der Waals surface area (Å²) in [6.45, 7) is 16.2. The molecule has 0 saturated carbocycles. The first-order valence-electron chi connectivity index (χ1n) is 20.3. The number of halogens is 1. The molecule has 1 fully saturated rings. The van der Waals surface area contributed by atoms with Crippen molar-refractivity contribution < 1.29 is 9.13 Å². The number of allylic oxidation sites excluding steroid dienone is 5. The molecule has 2 aliphatic heterocycles. The van der Waals surface area contributed by atoms with Crippen molar-refractivity contribution >= 4 is 52.3 Å². The van der Waals surface area contributed by atoms with Gasteiger partial charge in [-0.3, -0.25) is 15.4 Å². The number of hydrazine groups is 1. The van der Waals surface area contributed by atoms with E-state index in [0.717, 1.165) is 85.8 Å². The summed E-state index contributed by atoms with van der Waals surface area (Å²) in [5.74, 6) is 2.69. The highest BCUT2D eigenvalue weighted by Crippen LogP contribution is 2.37. The van der Waals surface area contributed by atoms with Gasteiger partial charge in [0.1, 0.15) is 35.2 Å². The summed E-state index contributed by atoms with van der Waals surface area (Å²) in [5.41, 5.74) is 8.25. The lowest BCUT2D eigenvalue weighted by molar-refractivity contribution is 0.115. The molecule has 58 heavy (non-hydrogen) atoms. The van der Waals surface area contributed by atoms with E-state index in [-0.39, 0.29) is 22.7 Å². The number of hydrogen-bond acceptors (Lipinski definition) is 11. The molecule has 308 valence electrons. The van der Waals surface area contributed by atoms with E-state index >= 15 is 4.39 Å². The van der Waals surface area contributed by atoms with Gasteiger partial charge in [0, 0.05) is 67.7 Å². The summed E-state index contributed by atoms with van der Waals surface area (Å²) in [5, 5.41) is 17.5. The summed E-state index contributed by atoms with van der Waals surface area (Å²) in [4.78, 5) is 20.6. The van der Waals surface area contributed by atoms with E-state index < -0.39 is 0 Å². The van der Waals surface area contributed by atoms with Crippen LogP contribution in [0.15, 0.2) is 98.3 Å². The van der Waals surface area contributed by atoms with Crippen molar-refractivity contribution in [1.82, 2.24) is 40.3 Å². The molecule has 5 heterocycles. The highest BCUT2D eigenvalue weighted by molar-refractivity contribution is 8.04. The van der Waals surface area contributed by atoms with Gasteiger partial charge in [-0.15, -0.1) is 11.8 Å². The average Bonchev–Trinajstić information content (AvgIpc) is 3.84. The summed E-state index contributed by atoms with van der Waals surface area (Å²) in [6.07, 6.45) is 20.0. The zero-order valence-corrected chi connectivity index (χ0v) is 35.8. The Bertz CT molecular complexity index is 2220. The van der Waals surface area contributed by atoms with Crippen LogP contribution in [0.5, 0.6) is 0 Å². The van der Waals surface area contributed by atoms with Gasteiger partial charge in [-0.1, -0.05) is 37.1 Å². The van der Waals surface area contributed by atoms with Crippen LogP contribution in [-0.2, 0) is 11.8 Å². The van der Waals surface area contributed by atoms with Crippen molar-refractivity contribution in [2.75, 3.05) is 43.4 Å². The molecule has 13 nitrogen and oxygen atoms in total. The second-order valence-corrected chi connectivity index (χ2v) is 17.3. The molecule has 7 rings (SSSR count). The van der Waals surface area contributed by atoms with Crippen LogP contribution in [0.4, 0.5) is 16.0 Å². The van der Waals surface area contributed by atoms with Crippen molar-refractivity contribution in [1.29, 1.82) is 0 Å². The van der Waals surface area contributed by atoms with Crippen LogP contribution in [-0.4, -0.2) is 97.2 Å². The number of fused-ring (bicyclic) bond motifs is 1. The van der Waals surface area contributed by atoms with Crippen molar-refractivity contribution in [3.05, 3.63) is 93.9 Å². The first-order chi connectivity index (χ1) is 27.9. The molecule has 4 aliphatic rings. The number of aryl methyl sites for hydroxylation is 1. The van der Waals surface area contributed by atoms with E-state index in [9.17, 15) is 0 Å². The third-order valence-corrected chi connectivity index (χ3v) is 11.8. The molecule has 1 atom stereocenters. The number of thioether (sulfide) groups is 1. The van der Waals surface area contributed by atoms with Gasteiger partial charge in [-0.25, -0.2) is 29.0 Å².